The van der Waals surface area contributed by atoms with E-state index in [-0.39, 0.29) is 0 Å². The standard InChI is InChI=1S/C19H22N4O.C4H10OS/c1-5-12-24-19-22-17(15-8-6-14(4)7-9-15)18(23-19)16(10-11-20)21-13(2)3;1-4(2)3-5-6/h5-12,20H,1-4H3,(H,22,23);4,6H,3H2,1-2H3/b12-5-,16-10-,20-11?;. The number of aromatic nitrogens is 2. The van der Waals surface area contributed by atoms with Gasteiger partial charge in [-0.15, -0.1) is 0 Å². The summed E-state index contributed by atoms with van der Waals surface area (Å²) >= 11 is 3.56. The number of aromatic amines is 1. The van der Waals surface area contributed by atoms with Gasteiger partial charge < -0.3 is 19.3 Å². The van der Waals surface area contributed by atoms with Crippen LogP contribution in [-0.4, -0.2) is 28.5 Å². The summed E-state index contributed by atoms with van der Waals surface area (Å²) in [5, 5.41) is 7.40. The third-order valence-electron chi connectivity index (χ3n) is 3.57. The molecule has 0 spiro atoms. The lowest BCUT2D eigenvalue weighted by Gasteiger charge is -2.04. The van der Waals surface area contributed by atoms with Crippen LogP contribution in [0.3, 0.4) is 0 Å². The number of thiol groups is 1. The van der Waals surface area contributed by atoms with Gasteiger partial charge in [0.05, 0.1) is 24.3 Å². The van der Waals surface area contributed by atoms with E-state index in [2.05, 4.69) is 45.9 Å². The van der Waals surface area contributed by atoms with Gasteiger partial charge in [0.25, 0.3) is 6.01 Å². The molecular weight excluding hydrogens is 396 g/mol. The summed E-state index contributed by atoms with van der Waals surface area (Å²) in [7, 11) is 0. The molecule has 0 aliphatic rings. The van der Waals surface area contributed by atoms with Gasteiger partial charge in [0, 0.05) is 17.5 Å². The molecule has 7 heteroatoms. The smallest absolute Gasteiger partial charge is 0.299 e. The molecule has 0 saturated heterocycles. The van der Waals surface area contributed by atoms with E-state index in [1.54, 1.807) is 18.4 Å². The number of allylic oxidation sites excluding steroid dienone is 2. The Hall–Kier alpha value is -2.64. The number of imidazole rings is 1. The fourth-order valence-electron chi connectivity index (χ4n) is 2.29. The third-order valence-corrected chi connectivity index (χ3v) is 3.72. The first-order chi connectivity index (χ1) is 14.3. The highest BCUT2D eigenvalue weighted by atomic mass is 32.1. The summed E-state index contributed by atoms with van der Waals surface area (Å²) in [6, 6.07) is 8.49. The van der Waals surface area contributed by atoms with Gasteiger partial charge in [-0.2, -0.15) is 4.98 Å². The number of nitrogens with zero attached hydrogens (tertiary/aromatic N) is 2. The average Bonchev–Trinajstić information content (AvgIpc) is 3.11. The lowest BCUT2D eigenvalue weighted by Crippen LogP contribution is -1.93. The number of hydrogen-bond donors (Lipinski definition) is 3. The van der Waals surface area contributed by atoms with Gasteiger partial charge in [0.2, 0.25) is 0 Å². The average molecular weight is 429 g/mol. The van der Waals surface area contributed by atoms with Gasteiger partial charge in [-0.05, 0) is 52.6 Å². The lowest BCUT2D eigenvalue weighted by atomic mass is 10.1. The molecule has 1 heterocycles. The van der Waals surface area contributed by atoms with Crippen molar-refractivity contribution in [3.63, 3.8) is 0 Å². The second kappa shape index (κ2) is 13.6. The zero-order valence-electron chi connectivity index (χ0n) is 18.6. The second-order valence-corrected chi connectivity index (χ2v) is 7.44. The molecule has 6 nitrogen and oxygen atoms in total. The fraction of sp³-hybridized carbons (Fsp3) is 0.348. The summed E-state index contributed by atoms with van der Waals surface area (Å²) in [5.41, 5.74) is 5.14. The van der Waals surface area contributed by atoms with E-state index in [1.165, 1.54) is 11.8 Å². The molecule has 0 aliphatic carbocycles. The van der Waals surface area contributed by atoms with Crippen LogP contribution in [0.15, 0.2) is 47.7 Å². The molecule has 0 aliphatic heterocycles. The Morgan fingerprint density at radius 1 is 1.27 bits per heavy atom. The molecule has 0 atom stereocenters. The SMILES string of the molecule is C/C=C\Oc1nc(-c2ccc(C)cc2)c(/C(=C/C=N)N=C(C)C)[nH]1.CC(C)COS. The minimum Gasteiger partial charge on any atom is -0.434 e. The van der Waals surface area contributed by atoms with Crippen molar-refractivity contribution < 1.29 is 8.92 Å². The van der Waals surface area contributed by atoms with Crippen LogP contribution in [0, 0.1) is 18.3 Å². The van der Waals surface area contributed by atoms with E-state index >= 15 is 0 Å². The highest BCUT2D eigenvalue weighted by Crippen LogP contribution is 2.30. The van der Waals surface area contributed by atoms with Crippen molar-refractivity contribution in [2.45, 2.75) is 41.5 Å². The molecular formula is C23H32N4O2S. The predicted molar refractivity (Wildman–Crippen MR) is 130 cm³/mol. The van der Waals surface area contributed by atoms with E-state index < -0.39 is 0 Å². The summed E-state index contributed by atoms with van der Waals surface area (Å²) in [5.74, 6) is 0.600. The number of H-pyrrole nitrogens is 1. The van der Waals surface area contributed by atoms with Crippen LogP contribution < -0.4 is 4.74 Å². The van der Waals surface area contributed by atoms with Crippen LogP contribution in [0.4, 0.5) is 0 Å². The van der Waals surface area contributed by atoms with Crippen LogP contribution in [-0.2, 0) is 4.18 Å². The molecule has 2 rings (SSSR count). The molecule has 0 unspecified atom stereocenters. The monoisotopic (exact) mass is 428 g/mol. The van der Waals surface area contributed by atoms with Gasteiger partial charge >= 0.3 is 0 Å². The number of rotatable bonds is 8. The Kier molecular flexibility index (Phi) is 11.5. The molecule has 2 aromatic rings. The summed E-state index contributed by atoms with van der Waals surface area (Å²) in [4.78, 5) is 12.2. The number of aryl methyl sites for hydroxylation is 1. The number of ether oxygens (including phenoxy) is 1. The van der Waals surface area contributed by atoms with Gasteiger partial charge in [-0.25, -0.2) is 0 Å². The molecule has 0 radical (unpaired) electrons. The van der Waals surface area contributed by atoms with E-state index in [0.29, 0.717) is 17.6 Å². The van der Waals surface area contributed by atoms with Crippen LogP contribution >= 0.6 is 12.9 Å². The highest BCUT2D eigenvalue weighted by Gasteiger charge is 2.16. The molecule has 0 fully saturated rings. The van der Waals surface area contributed by atoms with Crippen molar-refractivity contribution in [2.75, 3.05) is 6.61 Å². The van der Waals surface area contributed by atoms with Crippen molar-refractivity contribution >= 4 is 30.5 Å². The number of nitrogens with one attached hydrogen (secondary N) is 2. The van der Waals surface area contributed by atoms with Crippen LogP contribution in [0.5, 0.6) is 6.01 Å². The van der Waals surface area contributed by atoms with E-state index in [0.717, 1.165) is 29.3 Å². The topological polar surface area (TPSA) is 83.4 Å². The molecule has 30 heavy (non-hydrogen) atoms. The molecule has 162 valence electrons. The first-order valence-corrected chi connectivity index (χ1v) is 10.1. The summed E-state index contributed by atoms with van der Waals surface area (Å²) in [6.07, 6.45) is 6.21. The number of benzene rings is 1. The van der Waals surface area contributed by atoms with Gasteiger partial charge in [-0.3, -0.25) is 4.99 Å². The van der Waals surface area contributed by atoms with Crippen molar-refractivity contribution in [3.05, 3.63) is 53.9 Å². The number of aliphatic imine (C=N–C) groups is 1. The first kappa shape index (κ1) is 25.4. The van der Waals surface area contributed by atoms with Crippen molar-refractivity contribution in [1.29, 1.82) is 5.41 Å². The molecule has 0 saturated carbocycles. The Morgan fingerprint density at radius 2 is 1.93 bits per heavy atom. The molecule has 0 amide bonds. The van der Waals surface area contributed by atoms with Crippen molar-refractivity contribution in [2.24, 2.45) is 10.9 Å². The zero-order valence-corrected chi connectivity index (χ0v) is 19.5. The second-order valence-electron chi connectivity index (χ2n) is 7.19. The zero-order chi connectivity index (χ0) is 22.5. The molecule has 2 N–H and O–H groups in total. The minimum atomic E-state index is 0.388. The predicted octanol–water partition coefficient (Wildman–Crippen LogP) is 6.27. The third kappa shape index (κ3) is 8.80. The quantitative estimate of drug-likeness (QED) is 0.200. The Morgan fingerprint density at radius 3 is 2.40 bits per heavy atom. The van der Waals surface area contributed by atoms with Crippen LogP contribution in [0.2, 0.25) is 0 Å². The molecule has 1 aromatic heterocycles. The van der Waals surface area contributed by atoms with E-state index in [9.17, 15) is 0 Å². The molecule has 1 aromatic carbocycles. The molecule has 0 bridgehead atoms. The Labute approximate surface area is 185 Å². The number of hydrogen-bond acceptors (Lipinski definition) is 6. The van der Waals surface area contributed by atoms with Crippen molar-refractivity contribution in [1.82, 2.24) is 9.97 Å². The highest BCUT2D eigenvalue weighted by molar-refractivity contribution is 7.75. The Balaban J connectivity index is 0.000000656. The first-order valence-electron chi connectivity index (χ1n) is 9.76. The van der Waals surface area contributed by atoms with Gasteiger partial charge in [0.15, 0.2) is 0 Å². The largest absolute Gasteiger partial charge is 0.434 e. The van der Waals surface area contributed by atoms with Crippen LogP contribution in [0.1, 0.15) is 45.9 Å². The van der Waals surface area contributed by atoms with Gasteiger partial charge in [-0.1, -0.05) is 49.8 Å². The fourth-order valence-corrected chi connectivity index (χ4v) is 2.59. The minimum absolute atomic E-state index is 0.388. The normalized spacial score (nSPS) is 11.3. The van der Waals surface area contributed by atoms with Gasteiger partial charge in [0.1, 0.15) is 5.69 Å². The maximum Gasteiger partial charge on any atom is 0.299 e. The van der Waals surface area contributed by atoms with E-state index in [4.69, 9.17) is 10.1 Å². The maximum atomic E-state index is 7.40. The Bertz CT molecular complexity index is 877. The maximum absolute atomic E-state index is 7.40. The van der Waals surface area contributed by atoms with Crippen molar-refractivity contribution in [3.8, 4) is 17.3 Å². The van der Waals surface area contributed by atoms with E-state index in [1.807, 2.05) is 52.0 Å². The lowest BCUT2D eigenvalue weighted by molar-refractivity contribution is 0.321. The summed E-state index contributed by atoms with van der Waals surface area (Å²) < 4.78 is 9.97. The van der Waals surface area contributed by atoms with Crippen LogP contribution in [0.25, 0.3) is 17.0 Å². The summed E-state index contributed by atoms with van der Waals surface area (Å²) in [6.45, 7) is 12.6.